The van der Waals surface area contributed by atoms with Gasteiger partial charge in [0.05, 0.1) is 0 Å². The number of aryl methyl sites for hydroxylation is 1. The summed E-state index contributed by atoms with van der Waals surface area (Å²) in [7, 11) is 0. The maximum Gasteiger partial charge on any atom is -0.0162 e. The maximum absolute atomic E-state index is 2.61. The first-order valence-electron chi connectivity index (χ1n) is 12.4. The first-order valence-corrected chi connectivity index (χ1v) is 12.4. The molecule has 0 amide bonds. The van der Waals surface area contributed by atoms with Gasteiger partial charge in [-0.15, -0.1) is 0 Å². The Morgan fingerprint density at radius 3 is 2.26 bits per heavy atom. The van der Waals surface area contributed by atoms with Gasteiger partial charge >= 0.3 is 0 Å². The van der Waals surface area contributed by atoms with Crippen molar-refractivity contribution in [3.8, 4) is 0 Å². The van der Waals surface area contributed by atoms with Crippen molar-refractivity contribution in [3.63, 3.8) is 0 Å². The molecule has 0 heterocycles. The van der Waals surface area contributed by atoms with Crippen molar-refractivity contribution < 1.29 is 0 Å². The van der Waals surface area contributed by atoms with Gasteiger partial charge in [0.15, 0.2) is 0 Å². The summed E-state index contributed by atoms with van der Waals surface area (Å²) in [5, 5.41) is 0. The van der Waals surface area contributed by atoms with E-state index in [4.69, 9.17) is 0 Å². The van der Waals surface area contributed by atoms with Crippen LogP contribution in [-0.4, -0.2) is 0 Å². The summed E-state index contributed by atoms with van der Waals surface area (Å²) in [4.78, 5) is 0. The van der Waals surface area contributed by atoms with Gasteiger partial charge in [-0.3, -0.25) is 0 Å². The van der Waals surface area contributed by atoms with E-state index in [-0.39, 0.29) is 0 Å². The van der Waals surface area contributed by atoms with Crippen LogP contribution in [0.2, 0.25) is 0 Å². The van der Waals surface area contributed by atoms with E-state index in [1.54, 1.807) is 16.7 Å². The molecule has 1 atom stereocenters. The molecule has 27 heavy (non-hydrogen) atoms. The summed E-state index contributed by atoms with van der Waals surface area (Å²) in [6.45, 7) is 4.64. The van der Waals surface area contributed by atoms with Gasteiger partial charge in [-0.25, -0.2) is 0 Å². The van der Waals surface area contributed by atoms with Crippen molar-refractivity contribution in [1.82, 2.24) is 0 Å². The Morgan fingerprint density at radius 2 is 1.48 bits per heavy atom. The van der Waals surface area contributed by atoms with Crippen molar-refractivity contribution in [2.45, 2.75) is 122 Å². The normalized spacial score (nSPS) is 25.3. The fourth-order valence-corrected chi connectivity index (χ4v) is 5.76. The molecular weight excluding hydrogens is 324 g/mol. The Kier molecular flexibility index (Phi) is 8.75. The SMILES string of the molecule is CCCCCCCC[C@H]1CC[C@H](c2ccc3c(c2)CCC(CCC)C3)CC1. The Bertz CT molecular complexity index is 535. The second-order valence-electron chi connectivity index (χ2n) is 9.70. The van der Waals surface area contributed by atoms with Gasteiger partial charge in [0.1, 0.15) is 0 Å². The number of benzene rings is 1. The molecule has 1 unspecified atom stereocenters. The first kappa shape index (κ1) is 20.9. The first-order chi connectivity index (χ1) is 13.3. The molecule has 152 valence electrons. The largest absolute Gasteiger partial charge is 0.0654 e. The fourth-order valence-electron chi connectivity index (χ4n) is 5.76. The zero-order chi connectivity index (χ0) is 18.9. The molecule has 3 rings (SSSR count). The molecule has 1 aromatic carbocycles. The van der Waals surface area contributed by atoms with Crippen molar-refractivity contribution in [3.05, 3.63) is 34.9 Å². The van der Waals surface area contributed by atoms with E-state index in [1.807, 2.05) is 0 Å². The molecule has 1 saturated carbocycles. The molecule has 0 heteroatoms. The van der Waals surface area contributed by atoms with Crippen LogP contribution in [-0.2, 0) is 12.8 Å². The molecule has 0 spiro atoms. The highest BCUT2D eigenvalue weighted by molar-refractivity contribution is 5.36. The highest BCUT2D eigenvalue weighted by atomic mass is 14.3. The number of fused-ring (bicyclic) bond motifs is 1. The number of rotatable bonds is 10. The van der Waals surface area contributed by atoms with Gasteiger partial charge in [0.2, 0.25) is 0 Å². The third kappa shape index (κ3) is 6.37. The lowest BCUT2D eigenvalue weighted by Crippen LogP contribution is -2.16. The Morgan fingerprint density at radius 1 is 0.704 bits per heavy atom. The minimum atomic E-state index is 0.851. The second kappa shape index (κ2) is 11.3. The molecule has 0 saturated heterocycles. The molecule has 1 aromatic rings. The average molecular weight is 369 g/mol. The van der Waals surface area contributed by atoms with E-state index in [1.165, 1.54) is 103 Å². The Hall–Kier alpha value is -0.780. The van der Waals surface area contributed by atoms with E-state index in [2.05, 4.69) is 32.0 Å². The molecule has 0 aliphatic heterocycles. The lowest BCUT2D eigenvalue weighted by Gasteiger charge is -2.30. The molecule has 1 fully saturated rings. The van der Waals surface area contributed by atoms with E-state index in [9.17, 15) is 0 Å². The molecule has 0 N–H and O–H groups in total. The van der Waals surface area contributed by atoms with E-state index in [0.29, 0.717) is 0 Å². The molecule has 2 aliphatic rings. The van der Waals surface area contributed by atoms with Crippen molar-refractivity contribution in [2.24, 2.45) is 11.8 Å². The monoisotopic (exact) mass is 368 g/mol. The quantitative estimate of drug-likeness (QED) is 0.362. The standard InChI is InChI=1S/C27H44/c1-3-5-6-7-8-9-11-22-12-15-24(16-13-22)26-19-18-25-20-23(10-4-2)14-17-27(25)21-26/h18-19,21-24H,3-17,20H2,1-2H3/t22-,23?,24-. The average Bonchev–Trinajstić information content (AvgIpc) is 2.71. The van der Waals surface area contributed by atoms with Crippen LogP contribution >= 0.6 is 0 Å². The zero-order valence-electron chi connectivity index (χ0n) is 18.3. The lowest BCUT2D eigenvalue weighted by molar-refractivity contribution is 0.301. The van der Waals surface area contributed by atoms with Crippen LogP contribution in [0, 0.1) is 11.8 Å². The van der Waals surface area contributed by atoms with E-state index >= 15 is 0 Å². The fraction of sp³-hybridized carbons (Fsp3) is 0.778. The molecule has 2 aliphatic carbocycles. The summed E-state index contributed by atoms with van der Waals surface area (Å²) in [6, 6.07) is 7.59. The van der Waals surface area contributed by atoms with Crippen LogP contribution in [0.4, 0.5) is 0 Å². The van der Waals surface area contributed by atoms with Crippen LogP contribution in [0.25, 0.3) is 0 Å². The number of unbranched alkanes of at least 4 members (excludes halogenated alkanes) is 5. The maximum atomic E-state index is 2.61. The van der Waals surface area contributed by atoms with Crippen LogP contribution in [0.15, 0.2) is 18.2 Å². The zero-order valence-corrected chi connectivity index (χ0v) is 18.3. The van der Waals surface area contributed by atoms with Crippen molar-refractivity contribution in [1.29, 1.82) is 0 Å². The summed E-state index contributed by atoms with van der Waals surface area (Å²) in [6.07, 6.45) is 22.9. The highest BCUT2D eigenvalue weighted by Crippen LogP contribution is 2.39. The summed E-state index contributed by atoms with van der Waals surface area (Å²) >= 11 is 0. The molecule has 0 nitrogen and oxygen atoms in total. The third-order valence-corrected chi connectivity index (χ3v) is 7.54. The minimum absolute atomic E-state index is 0.851. The van der Waals surface area contributed by atoms with Gasteiger partial charge in [0.25, 0.3) is 0 Å². The molecule has 0 bridgehead atoms. The molecule has 0 radical (unpaired) electrons. The van der Waals surface area contributed by atoms with Gasteiger partial charge in [-0.1, -0.05) is 89.8 Å². The van der Waals surface area contributed by atoms with Crippen LogP contribution < -0.4 is 0 Å². The number of hydrogen-bond acceptors (Lipinski definition) is 0. The lowest BCUT2D eigenvalue weighted by atomic mass is 9.75. The Labute approximate surface area is 169 Å². The van der Waals surface area contributed by atoms with Gasteiger partial charge in [0, 0.05) is 0 Å². The third-order valence-electron chi connectivity index (χ3n) is 7.54. The topological polar surface area (TPSA) is 0 Å². The van der Waals surface area contributed by atoms with Crippen molar-refractivity contribution in [2.75, 3.05) is 0 Å². The van der Waals surface area contributed by atoms with Gasteiger partial charge in [-0.2, -0.15) is 0 Å². The molecular formula is C27H44. The molecule has 0 aromatic heterocycles. The second-order valence-corrected chi connectivity index (χ2v) is 9.70. The Balaban J connectivity index is 1.41. The van der Waals surface area contributed by atoms with E-state index in [0.717, 1.165) is 17.8 Å². The summed E-state index contributed by atoms with van der Waals surface area (Å²) < 4.78 is 0. The minimum Gasteiger partial charge on any atom is -0.0654 e. The predicted molar refractivity (Wildman–Crippen MR) is 120 cm³/mol. The van der Waals surface area contributed by atoms with Crippen LogP contribution in [0.3, 0.4) is 0 Å². The highest BCUT2D eigenvalue weighted by Gasteiger charge is 2.24. The van der Waals surface area contributed by atoms with E-state index < -0.39 is 0 Å². The summed E-state index contributed by atoms with van der Waals surface area (Å²) in [5.41, 5.74) is 5.02. The predicted octanol–water partition coefficient (Wildman–Crippen LogP) is 8.62. The van der Waals surface area contributed by atoms with Gasteiger partial charge < -0.3 is 0 Å². The number of hydrogen-bond donors (Lipinski definition) is 0. The van der Waals surface area contributed by atoms with Gasteiger partial charge in [-0.05, 0) is 79.4 Å². The van der Waals surface area contributed by atoms with Crippen molar-refractivity contribution >= 4 is 0 Å². The van der Waals surface area contributed by atoms with Crippen LogP contribution in [0.1, 0.15) is 126 Å². The smallest absolute Gasteiger partial charge is 0.0162 e. The summed E-state index contributed by atoms with van der Waals surface area (Å²) in [5.74, 6) is 2.83. The van der Waals surface area contributed by atoms with Crippen LogP contribution in [0.5, 0.6) is 0 Å².